The molecule has 0 aromatic rings. The number of carbonyl (C=O) groups excluding carboxylic acids is 1. The highest BCUT2D eigenvalue weighted by molar-refractivity contribution is 8.02. The lowest BCUT2D eigenvalue weighted by molar-refractivity contribution is -0.118. The molecule has 2 N–H and O–H groups in total. The van der Waals surface area contributed by atoms with Gasteiger partial charge in [-0.1, -0.05) is 0 Å². The fourth-order valence-corrected chi connectivity index (χ4v) is 4.81. The number of hydrogen-bond acceptors (Lipinski definition) is 5. The first-order chi connectivity index (χ1) is 7.03. The Morgan fingerprint density at radius 1 is 1.53 bits per heavy atom. The maximum absolute atomic E-state index is 11.1. The Morgan fingerprint density at radius 2 is 2.27 bits per heavy atom. The zero-order chi connectivity index (χ0) is 11.3. The van der Waals surface area contributed by atoms with Crippen LogP contribution in [0.3, 0.4) is 0 Å². The molecule has 1 aliphatic heterocycles. The van der Waals surface area contributed by atoms with Gasteiger partial charge in [0.05, 0.1) is 23.9 Å². The molecule has 0 aromatic carbocycles. The van der Waals surface area contributed by atoms with Crippen LogP contribution >= 0.6 is 11.8 Å². The predicted molar refractivity (Wildman–Crippen MR) is 59.6 cm³/mol. The van der Waals surface area contributed by atoms with Crippen LogP contribution in [0.4, 0.5) is 0 Å². The number of aliphatic hydroxyl groups excluding tert-OH is 1. The largest absolute Gasteiger partial charge is 0.395 e. The van der Waals surface area contributed by atoms with Gasteiger partial charge >= 0.3 is 0 Å². The van der Waals surface area contributed by atoms with E-state index in [0.717, 1.165) is 0 Å². The summed E-state index contributed by atoms with van der Waals surface area (Å²) in [5.74, 6) is 0.534. The molecule has 88 valence electrons. The van der Waals surface area contributed by atoms with Gasteiger partial charge in [0.2, 0.25) is 5.91 Å². The molecule has 1 unspecified atom stereocenters. The van der Waals surface area contributed by atoms with Crippen molar-refractivity contribution in [2.45, 2.75) is 11.7 Å². The quantitative estimate of drug-likeness (QED) is 0.657. The second-order valence-electron chi connectivity index (χ2n) is 3.41. The molecule has 15 heavy (non-hydrogen) atoms. The van der Waals surface area contributed by atoms with Crippen LogP contribution in [0.15, 0.2) is 0 Å². The Morgan fingerprint density at radius 3 is 2.80 bits per heavy atom. The Balaban J connectivity index is 2.18. The highest BCUT2D eigenvalue weighted by Crippen LogP contribution is 2.23. The molecule has 1 saturated heterocycles. The molecule has 5 nitrogen and oxygen atoms in total. The van der Waals surface area contributed by atoms with Crippen molar-refractivity contribution in [2.75, 3.05) is 30.4 Å². The van der Waals surface area contributed by atoms with E-state index in [1.54, 1.807) is 0 Å². The van der Waals surface area contributed by atoms with Crippen molar-refractivity contribution in [3.05, 3.63) is 0 Å². The van der Waals surface area contributed by atoms with Gasteiger partial charge in [0, 0.05) is 11.8 Å². The Hall–Kier alpha value is -0.270. The molecule has 7 heteroatoms. The second kappa shape index (κ2) is 5.72. The normalized spacial score (nSPS) is 23.9. The summed E-state index contributed by atoms with van der Waals surface area (Å²) in [4.78, 5) is 11.1. The summed E-state index contributed by atoms with van der Waals surface area (Å²) >= 11 is 1.37. The van der Waals surface area contributed by atoms with Crippen molar-refractivity contribution in [1.29, 1.82) is 0 Å². The van der Waals surface area contributed by atoms with Crippen molar-refractivity contribution in [1.82, 2.24) is 5.32 Å². The molecule has 0 bridgehead atoms. The summed E-state index contributed by atoms with van der Waals surface area (Å²) < 4.78 is 22.2. The van der Waals surface area contributed by atoms with Crippen molar-refractivity contribution in [2.24, 2.45) is 0 Å². The van der Waals surface area contributed by atoms with Crippen LogP contribution in [-0.4, -0.2) is 55.1 Å². The maximum atomic E-state index is 11.1. The molecule has 1 aliphatic rings. The van der Waals surface area contributed by atoms with E-state index in [9.17, 15) is 13.2 Å². The minimum Gasteiger partial charge on any atom is -0.395 e. The van der Waals surface area contributed by atoms with Crippen LogP contribution in [0, 0.1) is 0 Å². The predicted octanol–water partition coefficient (Wildman–Crippen LogP) is -0.985. The lowest BCUT2D eigenvalue weighted by atomic mass is 10.4. The highest BCUT2D eigenvalue weighted by Gasteiger charge is 2.28. The number of carbonyl (C=O) groups is 1. The van der Waals surface area contributed by atoms with Crippen LogP contribution in [0.1, 0.15) is 6.42 Å². The van der Waals surface area contributed by atoms with Gasteiger partial charge in [-0.3, -0.25) is 4.79 Å². The van der Waals surface area contributed by atoms with E-state index in [0.29, 0.717) is 6.42 Å². The molecule has 1 atom stereocenters. The third-order valence-corrected chi connectivity index (χ3v) is 5.36. The van der Waals surface area contributed by atoms with E-state index in [1.165, 1.54) is 11.8 Å². The molecule has 0 aromatic heterocycles. The highest BCUT2D eigenvalue weighted by atomic mass is 32.2. The number of hydrogen-bond donors (Lipinski definition) is 2. The van der Waals surface area contributed by atoms with Gasteiger partial charge in [0.25, 0.3) is 0 Å². The summed E-state index contributed by atoms with van der Waals surface area (Å²) in [6, 6.07) is 0. The van der Waals surface area contributed by atoms with Gasteiger partial charge in [-0.2, -0.15) is 0 Å². The number of thioether (sulfide) groups is 1. The Kier molecular flexibility index (Phi) is 4.88. The smallest absolute Gasteiger partial charge is 0.230 e. The summed E-state index contributed by atoms with van der Waals surface area (Å²) in [7, 11) is -2.85. The molecular formula is C8H15NO4S2. The van der Waals surface area contributed by atoms with E-state index in [2.05, 4.69) is 5.32 Å². The van der Waals surface area contributed by atoms with E-state index in [4.69, 9.17) is 5.11 Å². The summed E-state index contributed by atoms with van der Waals surface area (Å²) in [5, 5.41) is 11.0. The monoisotopic (exact) mass is 253 g/mol. The van der Waals surface area contributed by atoms with Crippen LogP contribution in [0.2, 0.25) is 0 Å². The van der Waals surface area contributed by atoms with E-state index < -0.39 is 9.84 Å². The Bertz CT molecular complexity index is 315. The number of aliphatic hydroxyl groups is 1. The lowest BCUT2D eigenvalue weighted by Gasteiger charge is -2.07. The Labute approximate surface area is 93.5 Å². The minimum absolute atomic E-state index is 0.0508. The first-order valence-electron chi connectivity index (χ1n) is 4.73. The standard InChI is InChI=1S/C8H15NO4S2/c10-3-2-9-8(11)5-14-7-1-4-15(12,13)6-7/h7,10H,1-6H2,(H,9,11). The number of rotatable bonds is 5. The van der Waals surface area contributed by atoms with Gasteiger partial charge in [-0.15, -0.1) is 11.8 Å². The van der Waals surface area contributed by atoms with Crippen LogP contribution in [0.25, 0.3) is 0 Å². The topological polar surface area (TPSA) is 83.5 Å². The average molecular weight is 253 g/mol. The van der Waals surface area contributed by atoms with E-state index in [-0.39, 0.29) is 41.6 Å². The minimum atomic E-state index is -2.85. The van der Waals surface area contributed by atoms with E-state index in [1.807, 2.05) is 0 Å². The van der Waals surface area contributed by atoms with Crippen molar-refractivity contribution in [3.8, 4) is 0 Å². The van der Waals surface area contributed by atoms with Gasteiger partial charge in [0.15, 0.2) is 9.84 Å². The molecule has 1 heterocycles. The van der Waals surface area contributed by atoms with Crippen molar-refractivity contribution in [3.63, 3.8) is 0 Å². The molecule has 1 rings (SSSR count). The zero-order valence-corrected chi connectivity index (χ0v) is 9.94. The summed E-state index contributed by atoms with van der Waals surface area (Å²) in [5.41, 5.74) is 0. The molecule has 0 radical (unpaired) electrons. The maximum Gasteiger partial charge on any atom is 0.230 e. The van der Waals surface area contributed by atoms with E-state index >= 15 is 0 Å². The van der Waals surface area contributed by atoms with Crippen LogP contribution in [0.5, 0.6) is 0 Å². The van der Waals surface area contributed by atoms with Crippen LogP contribution < -0.4 is 5.32 Å². The van der Waals surface area contributed by atoms with Crippen molar-refractivity contribution < 1.29 is 18.3 Å². The molecular weight excluding hydrogens is 238 g/mol. The van der Waals surface area contributed by atoms with Crippen LogP contribution in [-0.2, 0) is 14.6 Å². The summed E-state index contributed by atoms with van der Waals surface area (Å²) in [6.45, 7) is 0.177. The van der Waals surface area contributed by atoms with Gasteiger partial charge in [0.1, 0.15) is 0 Å². The zero-order valence-electron chi connectivity index (χ0n) is 8.31. The molecule has 1 amide bonds. The number of amides is 1. The lowest BCUT2D eigenvalue weighted by Crippen LogP contribution is -2.28. The fraction of sp³-hybridized carbons (Fsp3) is 0.875. The number of sulfone groups is 1. The van der Waals surface area contributed by atoms with Gasteiger partial charge in [-0.25, -0.2) is 8.42 Å². The fourth-order valence-electron chi connectivity index (χ4n) is 1.33. The number of nitrogens with one attached hydrogen (secondary N) is 1. The van der Waals surface area contributed by atoms with Crippen molar-refractivity contribution >= 4 is 27.5 Å². The first-order valence-corrected chi connectivity index (χ1v) is 7.60. The molecule has 0 spiro atoms. The molecule has 0 saturated carbocycles. The second-order valence-corrected chi connectivity index (χ2v) is 6.93. The third kappa shape index (κ3) is 4.85. The third-order valence-electron chi connectivity index (χ3n) is 2.07. The first kappa shape index (κ1) is 12.8. The van der Waals surface area contributed by atoms with Gasteiger partial charge < -0.3 is 10.4 Å². The molecule has 1 fully saturated rings. The summed E-state index contributed by atoms with van der Waals surface area (Å²) in [6.07, 6.45) is 0.639. The SMILES string of the molecule is O=C(CSC1CCS(=O)(=O)C1)NCCO. The van der Waals surface area contributed by atoms with Gasteiger partial charge in [-0.05, 0) is 6.42 Å². The molecule has 0 aliphatic carbocycles. The average Bonchev–Trinajstić information content (AvgIpc) is 2.52.